The molecule has 0 aliphatic carbocycles. The summed E-state index contributed by atoms with van der Waals surface area (Å²) in [6.45, 7) is 3.30. The van der Waals surface area contributed by atoms with Gasteiger partial charge in [-0.1, -0.05) is 19.9 Å². The molecule has 0 bridgehead atoms. The number of aliphatic carboxylic acids is 1. The summed E-state index contributed by atoms with van der Waals surface area (Å²) < 4.78 is 18.6. The number of benzene rings is 1. The molecule has 0 radical (unpaired) electrons. The largest absolute Gasteiger partial charge is 0.496 e. The fourth-order valence-electron chi connectivity index (χ4n) is 1.62. The highest BCUT2D eigenvalue weighted by atomic mass is 19.1. The highest BCUT2D eigenvalue weighted by molar-refractivity contribution is 5.99. The first-order valence-electron chi connectivity index (χ1n) is 5.74. The second-order valence-electron chi connectivity index (χ2n) is 4.35. The predicted molar refractivity (Wildman–Crippen MR) is 66.7 cm³/mol. The molecule has 1 amide bonds. The van der Waals surface area contributed by atoms with Gasteiger partial charge in [0.05, 0.1) is 7.11 Å². The molecule has 0 aromatic heterocycles. The summed E-state index contributed by atoms with van der Waals surface area (Å²) in [5, 5.41) is 11.3. The van der Waals surface area contributed by atoms with E-state index in [0.29, 0.717) is 0 Å². The Morgan fingerprint density at radius 2 is 2.00 bits per heavy atom. The van der Waals surface area contributed by atoms with Crippen molar-refractivity contribution in [1.29, 1.82) is 0 Å². The van der Waals surface area contributed by atoms with E-state index in [1.54, 1.807) is 13.8 Å². The Morgan fingerprint density at radius 3 is 2.47 bits per heavy atom. The zero-order valence-electron chi connectivity index (χ0n) is 10.9. The number of carboxylic acids is 1. The van der Waals surface area contributed by atoms with Crippen LogP contribution in [0.3, 0.4) is 0 Å². The third-order valence-electron chi connectivity index (χ3n) is 2.64. The van der Waals surface area contributed by atoms with Crippen molar-refractivity contribution in [2.24, 2.45) is 5.92 Å². The van der Waals surface area contributed by atoms with Crippen molar-refractivity contribution in [2.75, 3.05) is 7.11 Å². The number of carboxylic acid groups (broad SMARTS) is 1. The van der Waals surface area contributed by atoms with Gasteiger partial charge in [0.15, 0.2) is 0 Å². The van der Waals surface area contributed by atoms with E-state index in [1.807, 2.05) is 0 Å². The Labute approximate surface area is 110 Å². The maximum Gasteiger partial charge on any atom is 0.326 e. The fraction of sp³-hybridized carbons (Fsp3) is 0.385. The lowest BCUT2D eigenvalue weighted by molar-refractivity contribution is -0.140. The lowest BCUT2D eigenvalue weighted by Crippen LogP contribution is -2.44. The minimum absolute atomic E-state index is 0.0606. The lowest BCUT2D eigenvalue weighted by atomic mass is 10.0. The van der Waals surface area contributed by atoms with Gasteiger partial charge in [-0.25, -0.2) is 9.18 Å². The molecular weight excluding hydrogens is 253 g/mol. The highest BCUT2D eigenvalue weighted by Gasteiger charge is 2.26. The first-order valence-corrected chi connectivity index (χ1v) is 5.74. The third-order valence-corrected chi connectivity index (χ3v) is 2.64. The molecule has 0 unspecified atom stereocenters. The first-order chi connectivity index (χ1) is 8.88. The lowest BCUT2D eigenvalue weighted by Gasteiger charge is -2.18. The number of rotatable bonds is 5. The van der Waals surface area contributed by atoms with Crippen molar-refractivity contribution in [3.63, 3.8) is 0 Å². The molecule has 1 aromatic rings. The van der Waals surface area contributed by atoms with E-state index in [1.165, 1.54) is 19.2 Å². The molecule has 0 saturated heterocycles. The highest BCUT2D eigenvalue weighted by Crippen LogP contribution is 2.21. The van der Waals surface area contributed by atoms with Gasteiger partial charge in [0.1, 0.15) is 23.2 Å². The van der Waals surface area contributed by atoms with E-state index in [4.69, 9.17) is 9.84 Å². The summed E-state index contributed by atoms with van der Waals surface area (Å²) in [7, 11) is 1.31. The molecule has 1 aromatic carbocycles. The van der Waals surface area contributed by atoms with Gasteiger partial charge in [0, 0.05) is 0 Å². The molecule has 104 valence electrons. The molecule has 0 fully saturated rings. The van der Waals surface area contributed by atoms with Gasteiger partial charge in [-0.15, -0.1) is 0 Å². The fourth-order valence-corrected chi connectivity index (χ4v) is 1.62. The molecule has 1 atom stereocenters. The van der Waals surface area contributed by atoms with Crippen LogP contribution < -0.4 is 10.1 Å². The molecule has 6 heteroatoms. The molecular formula is C13H16FNO4. The van der Waals surface area contributed by atoms with Gasteiger partial charge >= 0.3 is 5.97 Å². The van der Waals surface area contributed by atoms with Crippen LogP contribution in [0.15, 0.2) is 18.2 Å². The monoisotopic (exact) mass is 269 g/mol. The number of nitrogens with one attached hydrogen (secondary N) is 1. The van der Waals surface area contributed by atoms with Crippen molar-refractivity contribution in [3.8, 4) is 5.75 Å². The maximum absolute atomic E-state index is 13.7. The van der Waals surface area contributed by atoms with Gasteiger partial charge in [0.2, 0.25) is 0 Å². The van der Waals surface area contributed by atoms with Crippen LogP contribution in [-0.2, 0) is 4.79 Å². The normalized spacial score (nSPS) is 12.1. The number of hydrogen-bond acceptors (Lipinski definition) is 3. The Bertz CT molecular complexity index is 488. The van der Waals surface area contributed by atoms with Crippen molar-refractivity contribution < 1.29 is 23.8 Å². The number of methoxy groups -OCH3 is 1. The Kier molecular flexibility index (Phi) is 4.86. The summed E-state index contributed by atoms with van der Waals surface area (Å²) in [4.78, 5) is 23.0. The van der Waals surface area contributed by atoms with Crippen LogP contribution in [0.1, 0.15) is 24.2 Å². The summed E-state index contributed by atoms with van der Waals surface area (Å²) in [5.74, 6) is -3.00. The second-order valence-corrected chi connectivity index (χ2v) is 4.35. The zero-order valence-corrected chi connectivity index (χ0v) is 10.9. The first kappa shape index (κ1) is 14.9. The third kappa shape index (κ3) is 3.43. The predicted octanol–water partition coefficient (Wildman–Crippen LogP) is 1.67. The number of ether oxygens (including phenoxy) is 1. The van der Waals surface area contributed by atoms with Crippen LogP contribution in [0.4, 0.5) is 4.39 Å². The van der Waals surface area contributed by atoms with Crippen molar-refractivity contribution >= 4 is 11.9 Å². The average molecular weight is 269 g/mol. The van der Waals surface area contributed by atoms with Gasteiger partial charge in [-0.3, -0.25) is 4.79 Å². The summed E-state index contributed by atoms with van der Waals surface area (Å²) in [6, 6.07) is 2.87. The van der Waals surface area contributed by atoms with Gasteiger partial charge in [-0.05, 0) is 18.1 Å². The molecule has 0 saturated carbocycles. The van der Waals surface area contributed by atoms with Gasteiger partial charge in [0.25, 0.3) is 5.91 Å². The van der Waals surface area contributed by atoms with Crippen LogP contribution in [-0.4, -0.2) is 30.1 Å². The zero-order chi connectivity index (χ0) is 14.6. The quantitative estimate of drug-likeness (QED) is 0.852. The number of amides is 1. The molecule has 19 heavy (non-hydrogen) atoms. The van der Waals surface area contributed by atoms with Crippen LogP contribution in [0.25, 0.3) is 0 Å². The summed E-state index contributed by atoms with van der Waals surface area (Å²) in [5.41, 5.74) is -0.295. The van der Waals surface area contributed by atoms with Crippen LogP contribution in [0.5, 0.6) is 5.75 Å². The van der Waals surface area contributed by atoms with Crippen molar-refractivity contribution in [2.45, 2.75) is 19.9 Å². The van der Waals surface area contributed by atoms with E-state index >= 15 is 0 Å². The maximum atomic E-state index is 13.7. The van der Waals surface area contributed by atoms with E-state index in [-0.39, 0.29) is 17.2 Å². The van der Waals surface area contributed by atoms with E-state index in [0.717, 1.165) is 6.07 Å². The number of carbonyl (C=O) groups is 2. The van der Waals surface area contributed by atoms with Gasteiger partial charge < -0.3 is 15.2 Å². The van der Waals surface area contributed by atoms with Crippen molar-refractivity contribution in [3.05, 3.63) is 29.6 Å². The summed E-state index contributed by atoms with van der Waals surface area (Å²) in [6.07, 6.45) is 0. The Morgan fingerprint density at radius 1 is 1.37 bits per heavy atom. The SMILES string of the molecule is COc1cccc(F)c1C(=O)N[C@@H](C(=O)O)C(C)C. The minimum Gasteiger partial charge on any atom is -0.496 e. The van der Waals surface area contributed by atoms with Gasteiger partial charge in [-0.2, -0.15) is 0 Å². The van der Waals surface area contributed by atoms with E-state index in [2.05, 4.69) is 5.32 Å². The minimum atomic E-state index is -1.17. The van der Waals surface area contributed by atoms with Crippen LogP contribution in [0.2, 0.25) is 0 Å². The second kappa shape index (κ2) is 6.17. The number of carbonyl (C=O) groups excluding carboxylic acids is 1. The van der Waals surface area contributed by atoms with Crippen LogP contribution >= 0.6 is 0 Å². The summed E-state index contributed by atoms with van der Waals surface area (Å²) >= 11 is 0. The Balaban J connectivity index is 3.04. The molecule has 0 spiro atoms. The molecule has 0 heterocycles. The topological polar surface area (TPSA) is 75.6 Å². The van der Waals surface area contributed by atoms with E-state index in [9.17, 15) is 14.0 Å². The van der Waals surface area contributed by atoms with Crippen molar-refractivity contribution in [1.82, 2.24) is 5.32 Å². The standard InChI is InChI=1S/C13H16FNO4/c1-7(2)11(13(17)18)15-12(16)10-8(14)5-4-6-9(10)19-3/h4-7,11H,1-3H3,(H,15,16)(H,17,18)/t11-/m1/s1. The number of halogens is 1. The van der Waals surface area contributed by atoms with E-state index < -0.39 is 23.7 Å². The smallest absolute Gasteiger partial charge is 0.326 e. The molecule has 1 rings (SSSR count). The molecule has 0 aliphatic rings. The number of hydrogen-bond donors (Lipinski definition) is 2. The average Bonchev–Trinajstić information content (AvgIpc) is 2.34. The molecule has 2 N–H and O–H groups in total. The molecule has 5 nitrogen and oxygen atoms in total. The van der Waals surface area contributed by atoms with Crippen LogP contribution in [0, 0.1) is 11.7 Å². The Hall–Kier alpha value is -2.11. The molecule has 0 aliphatic heterocycles.